The number of rotatable bonds is 4. The van der Waals surface area contributed by atoms with Crippen LogP contribution in [0.2, 0.25) is 10.0 Å². The molecule has 0 fully saturated rings. The van der Waals surface area contributed by atoms with Gasteiger partial charge in [0.15, 0.2) is 0 Å². The molecule has 2 aromatic carbocycles. The second kappa shape index (κ2) is 6.10. The van der Waals surface area contributed by atoms with Crippen LogP contribution in [0.15, 0.2) is 42.5 Å². The van der Waals surface area contributed by atoms with Crippen molar-refractivity contribution in [1.29, 1.82) is 0 Å². The molecule has 0 saturated carbocycles. The molecule has 0 atom stereocenters. The maximum absolute atomic E-state index is 6.15. The highest BCUT2D eigenvalue weighted by atomic mass is 35.5. The molecule has 0 bridgehead atoms. The van der Waals surface area contributed by atoms with E-state index in [1.165, 1.54) is 0 Å². The predicted molar refractivity (Wildman–Crippen MR) is 75.1 cm³/mol. The molecule has 0 saturated heterocycles. The third-order valence-electron chi connectivity index (χ3n) is 2.57. The van der Waals surface area contributed by atoms with Crippen molar-refractivity contribution in [2.75, 3.05) is 0 Å². The van der Waals surface area contributed by atoms with Gasteiger partial charge in [-0.05, 0) is 23.8 Å². The SMILES string of the molecule is NCc1ccc(COc2ccccc2Cl)c(Cl)c1. The maximum atomic E-state index is 6.15. The topological polar surface area (TPSA) is 35.2 Å². The molecule has 0 heterocycles. The van der Waals surface area contributed by atoms with Gasteiger partial charge in [0.1, 0.15) is 12.4 Å². The molecule has 0 aliphatic rings. The van der Waals surface area contributed by atoms with Gasteiger partial charge in [-0.1, -0.05) is 47.5 Å². The van der Waals surface area contributed by atoms with Gasteiger partial charge < -0.3 is 10.5 Å². The molecule has 0 aliphatic carbocycles. The summed E-state index contributed by atoms with van der Waals surface area (Å²) in [5.74, 6) is 0.651. The van der Waals surface area contributed by atoms with Crippen LogP contribution >= 0.6 is 23.2 Å². The van der Waals surface area contributed by atoms with E-state index in [1.54, 1.807) is 6.07 Å². The van der Waals surface area contributed by atoms with Gasteiger partial charge in [-0.2, -0.15) is 0 Å². The summed E-state index contributed by atoms with van der Waals surface area (Å²) in [6, 6.07) is 13.1. The number of hydrogen-bond donors (Lipinski definition) is 1. The maximum Gasteiger partial charge on any atom is 0.138 e. The summed E-state index contributed by atoms with van der Waals surface area (Å²) in [4.78, 5) is 0. The molecule has 2 N–H and O–H groups in total. The van der Waals surface area contributed by atoms with Crippen LogP contribution in [0.3, 0.4) is 0 Å². The van der Waals surface area contributed by atoms with Crippen molar-refractivity contribution in [2.45, 2.75) is 13.2 Å². The standard InChI is InChI=1S/C14H13Cl2NO/c15-12-3-1-2-4-14(12)18-9-11-6-5-10(8-17)7-13(11)16/h1-7H,8-9,17H2. The Morgan fingerprint density at radius 3 is 2.44 bits per heavy atom. The van der Waals surface area contributed by atoms with Crippen LogP contribution in [0.25, 0.3) is 0 Å². The van der Waals surface area contributed by atoms with Gasteiger partial charge in [0.05, 0.1) is 5.02 Å². The van der Waals surface area contributed by atoms with Crippen LogP contribution in [0.1, 0.15) is 11.1 Å². The summed E-state index contributed by atoms with van der Waals surface area (Å²) in [6.45, 7) is 0.860. The van der Waals surface area contributed by atoms with E-state index in [-0.39, 0.29) is 0 Å². The molecule has 0 amide bonds. The van der Waals surface area contributed by atoms with Gasteiger partial charge in [-0.15, -0.1) is 0 Å². The largest absolute Gasteiger partial charge is 0.487 e. The lowest BCUT2D eigenvalue weighted by Gasteiger charge is -2.10. The summed E-state index contributed by atoms with van der Waals surface area (Å²) in [5, 5.41) is 1.25. The fourth-order valence-corrected chi connectivity index (χ4v) is 2.00. The predicted octanol–water partition coefficient (Wildman–Crippen LogP) is 4.03. The summed E-state index contributed by atoms with van der Waals surface area (Å²) >= 11 is 12.1. The van der Waals surface area contributed by atoms with Crippen molar-refractivity contribution in [2.24, 2.45) is 5.73 Å². The van der Waals surface area contributed by atoms with Crippen molar-refractivity contribution in [3.05, 3.63) is 63.6 Å². The zero-order valence-electron chi connectivity index (χ0n) is 9.70. The average Bonchev–Trinajstić information content (AvgIpc) is 2.39. The Morgan fingerprint density at radius 1 is 1.00 bits per heavy atom. The highest BCUT2D eigenvalue weighted by Gasteiger charge is 2.04. The molecule has 4 heteroatoms. The normalized spacial score (nSPS) is 10.4. The Labute approximate surface area is 116 Å². The third kappa shape index (κ3) is 3.16. The Morgan fingerprint density at radius 2 is 1.78 bits per heavy atom. The van der Waals surface area contributed by atoms with Gasteiger partial charge in [-0.3, -0.25) is 0 Å². The van der Waals surface area contributed by atoms with E-state index < -0.39 is 0 Å². The zero-order valence-corrected chi connectivity index (χ0v) is 11.2. The summed E-state index contributed by atoms with van der Waals surface area (Å²) in [6.07, 6.45) is 0. The lowest BCUT2D eigenvalue weighted by atomic mass is 10.1. The molecule has 2 aromatic rings. The summed E-state index contributed by atoms with van der Waals surface area (Å²) in [5.41, 5.74) is 7.46. The fourth-order valence-electron chi connectivity index (χ4n) is 1.55. The monoisotopic (exact) mass is 281 g/mol. The van der Waals surface area contributed by atoms with Gasteiger partial charge in [0.2, 0.25) is 0 Å². The Hall–Kier alpha value is -1.22. The van der Waals surface area contributed by atoms with E-state index in [0.717, 1.165) is 11.1 Å². The van der Waals surface area contributed by atoms with E-state index in [1.807, 2.05) is 36.4 Å². The summed E-state index contributed by atoms with van der Waals surface area (Å²) < 4.78 is 5.63. The quantitative estimate of drug-likeness (QED) is 0.918. The van der Waals surface area contributed by atoms with Crippen molar-refractivity contribution in [1.82, 2.24) is 0 Å². The molecular weight excluding hydrogens is 269 g/mol. The highest BCUT2D eigenvalue weighted by molar-refractivity contribution is 6.32. The van der Waals surface area contributed by atoms with E-state index in [0.29, 0.717) is 28.9 Å². The van der Waals surface area contributed by atoms with E-state index in [2.05, 4.69) is 0 Å². The van der Waals surface area contributed by atoms with Crippen LogP contribution in [0.4, 0.5) is 0 Å². The van der Waals surface area contributed by atoms with Crippen LogP contribution in [-0.2, 0) is 13.2 Å². The van der Waals surface area contributed by atoms with Crippen molar-refractivity contribution in [3.8, 4) is 5.75 Å². The lowest BCUT2D eigenvalue weighted by Crippen LogP contribution is -2.00. The van der Waals surface area contributed by atoms with E-state index >= 15 is 0 Å². The van der Waals surface area contributed by atoms with Gasteiger partial charge >= 0.3 is 0 Å². The summed E-state index contributed by atoms with van der Waals surface area (Å²) in [7, 11) is 0. The molecule has 0 unspecified atom stereocenters. The van der Waals surface area contributed by atoms with E-state index in [4.69, 9.17) is 33.7 Å². The number of halogens is 2. The molecule has 0 radical (unpaired) electrons. The Balaban J connectivity index is 2.09. The van der Waals surface area contributed by atoms with E-state index in [9.17, 15) is 0 Å². The molecule has 18 heavy (non-hydrogen) atoms. The molecule has 0 aliphatic heterocycles. The first kappa shape index (κ1) is 13.2. The second-order valence-corrected chi connectivity index (χ2v) is 4.66. The number of ether oxygens (including phenoxy) is 1. The van der Waals surface area contributed by atoms with Crippen LogP contribution in [0, 0.1) is 0 Å². The minimum atomic E-state index is 0.382. The van der Waals surface area contributed by atoms with Gasteiger partial charge in [0, 0.05) is 17.1 Å². The minimum absolute atomic E-state index is 0.382. The second-order valence-electron chi connectivity index (χ2n) is 3.85. The molecule has 2 nitrogen and oxygen atoms in total. The van der Waals surface area contributed by atoms with Crippen LogP contribution in [0.5, 0.6) is 5.75 Å². The zero-order chi connectivity index (χ0) is 13.0. The first-order valence-corrected chi connectivity index (χ1v) is 6.31. The van der Waals surface area contributed by atoms with Gasteiger partial charge in [-0.25, -0.2) is 0 Å². The molecular formula is C14H13Cl2NO. The molecule has 94 valence electrons. The first-order valence-electron chi connectivity index (χ1n) is 5.55. The number of hydrogen-bond acceptors (Lipinski definition) is 2. The number of para-hydroxylation sites is 1. The molecule has 0 spiro atoms. The molecule has 2 rings (SSSR count). The van der Waals surface area contributed by atoms with Crippen molar-refractivity contribution in [3.63, 3.8) is 0 Å². The first-order chi connectivity index (χ1) is 8.70. The number of nitrogens with two attached hydrogens (primary N) is 1. The Kier molecular flexibility index (Phi) is 4.48. The van der Waals surface area contributed by atoms with Crippen LogP contribution < -0.4 is 10.5 Å². The highest BCUT2D eigenvalue weighted by Crippen LogP contribution is 2.25. The average molecular weight is 282 g/mol. The van der Waals surface area contributed by atoms with Crippen molar-refractivity contribution < 1.29 is 4.74 Å². The fraction of sp³-hybridized carbons (Fsp3) is 0.143. The van der Waals surface area contributed by atoms with Crippen LogP contribution in [-0.4, -0.2) is 0 Å². The Bertz CT molecular complexity index is 543. The third-order valence-corrected chi connectivity index (χ3v) is 3.24. The lowest BCUT2D eigenvalue weighted by molar-refractivity contribution is 0.306. The number of benzene rings is 2. The minimum Gasteiger partial charge on any atom is -0.487 e. The van der Waals surface area contributed by atoms with Gasteiger partial charge in [0.25, 0.3) is 0 Å². The smallest absolute Gasteiger partial charge is 0.138 e. The molecule has 0 aromatic heterocycles. The van der Waals surface area contributed by atoms with Crippen molar-refractivity contribution >= 4 is 23.2 Å².